The van der Waals surface area contributed by atoms with Crippen molar-refractivity contribution < 1.29 is 9.47 Å². The minimum atomic E-state index is 0.498. The zero-order valence-electron chi connectivity index (χ0n) is 24.2. The van der Waals surface area contributed by atoms with Crippen molar-refractivity contribution in [1.82, 2.24) is 9.88 Å². The van der Waals surface area contributed by atoms with Crippen molar-refractivity contribution in [2.24, 2.45) is 0 Å². The van der Waals surface area contributed by atoms with E-state index in [9.17, 15) is 0 Å². The summed E-state index contributed by atoms with van der Waals surface area (Å²) in [5.41, 5.74) is 3.78. The zero-order valence-corrected chi connectivity index (χ0v) is 24.2. The van der Waals surface area contributed by atoms with Gasteiger partial charge in [0.2, 0.25) is 5.88 Å². The van der Waals surface area contributed by atoms with Crippen LogP contribution in [0.1, 0.15) is 64.5 Å². The van der Waals surface area contributed by atoms with Crippen LogP contribution in [-0.4, -0.2) is 49.2 Å². The van der Waals surface area contributed by atoms with E-state index >= 15 is 0 Å². The highest BCUT2D eigenvalue weighted by Crippen LogP contribution is 2.33. The Kier molecular flexibility index (Phi) is 11.2. The van der Waals surface area contributed by atoms with Gasteiger partial charge in [0.1, 0.15) is 18.1 Å². The summed E-state index contributed by atoms with van der Waals surface area (Å²) < 4.78 is 11.2. The number of hydrogen-bond acceptors (Lipinski definition) is 5. The summed E-state index contributed by atoms with van der Waals surface area (Å²) in [6.45, 7) is 17.2. The fraction of sp³-hybridized carbons (Fsp3) is 0.424. The Morgan fingerprint density at radius 2 is 1.47 bits per heavy atom. The van der Waals surface area contributed by atoms with Crippen LogP contribution in [0, 0.1) is 0 Å². The van der Waals surface area contributed by atoms with E-state index in [-0.39, 0.29) is 0 Å². The number of para-hydroxylation sites is 1. The Labute approximate surface area is 230 Å². The van der Waals surface area contributed by atoms with Gasteiger partial charge in [-0.05, 0) is 61.1 Å². The molecule has 0 N–H and O–H groups in total. The summed E-state index contributed by atoms with van der Waals surface area (Å²) in [5.74, 6) is 3.54. The third-order valence-electron chi connectivity index (χ3n) is 6.71. The summed E-state index contributed by atoms with van der Waals surface area (Å²) in [6.07, 6.45) is 6.31. The van der Waals surface area contributed by atoms with E-state index in [0.717, 1.165) is 37.7 Å². The standard InChI is InChI=1S/C14H15NO.C12H17NO.C7H13N/c1-11(2)12-8-9-14(15-10-12)16-13-6-4-3-5-7-13;1-9(2)10-4-5-11-12(8-10)14-7-6-13(11)3;1-7(2)8-5-3-4-6-8/h3-11H,1-2H3;4-5,8-9H,6-7H2,1-3H3;3-4,7H,5-6H2,1-2H3. The molecule has 204 valence electrons. The zero-order chi connectivity index (χ0) is 27.5. The average Bonchev–Trinajstić information content (AvgIpc) is 3.46. The van der Waals surface area contributed by atoms with E-state index in [1.165, 1.54) is 16.8 Å². The molecule has 5 rings (SSSR count). The number of likely N-dealkylation sites (N-methyl/N-ethyl adjacent to an activating group) is 1. The Bertz CT molecular complexity index is 1120. The number of ether oxygens (including phenoxy) is 2. The molecule has 0 aliphatic carbocycles. The second-order valence-corrected chi connectivity index (χ2v) is 10.7. The molecule has 0 fully saturated rings. The van der Waals surface area contributed by atoms with Crippen LogP contribution in [0.25, 0.3) is 0 Å². The van der Waals surface area contributed by atoms with E-state index in [1.54, 1.807) is 0 Å². The lowest BCUT2D eigenvalue weighted by molar-refractivity contribution is 0.288. The Balaban J connectivity index is 0.000000166. The van der Waals surface area contributed by atoms with Crippen molar-refractivity contribution in [3.05, 3.63) is 90.1 Å². The molecule has 2 aromatic carbocycles. The van der Waals surface area contributed by atoms with Crippen LogP contribution in [0.2, 0.25) is 0 Å². The lowest BCUT2D eigenvalue weighted by Crippen LogP contribution is -2.28. The van der Waals surface area contributed by atoms with Gasteiger partial charge in [0.05, 0.1) is 12.2 Å². The summed E-state index contributed by atoms with van der Waals surface area (Å²) in [6, 6.07) is 20.9. The topological polar surface area (TPSA) is 37.8 Å². The lowest BCUT2D eigenvalue weighted by Gasteiger charge is -2.28. The van der Waals surface area contributed by atoms with Gasteiger partial charge in [-0.2, -0.15) is 0 Å². The molecule has 38 heavy (non-hydrogen) atoms. The molecule has 0 atom stereocenters. The minimum Gasteiger partial charge on any atom is -0.490 e. The second kappa shape index (κ2) is 14.6. The molecule has 2 aliphatic rings. The second-order valence-electron chi connectivity index (χ2n) is 10.7. The summed E-state index contributed by atoms with van der Waals surface area (Å²) in [4.78, 5) is 8.93. The Hall–Kier alpha value is -3.31. The third kappa shape index (κ3) is 8.91. The van der Waals surface area contributed by atoms with E-state index in [2.05, 4.69) is 99.8 Å². The SMILES string of the molecule is CC(C)N1CC=CC1.CC(C)c1ccc(Oc2ccccc2)nc1.CC(C)c1ccc2c(c1)OCCN2C. The third-order valence-corrected chi connectivity index (χ3v) is 6.71. The Morgan fingerprint density at radius 3 is 2.03 bits per heavy atom. The van der Waals surface area contributed by atoms with E-state index in [4.69, 9.17) is 9.47 Å². The number of nitrogens with zero attached hydrogens (tertiary/aromatic N) is 3. The molecule has 2 aliphatic heterocycles. The summed E-state index contributed by atoms with van der Waals surface area (Å²) >= 11 is 0. The van der Waals surface area contributed by atoms with Gasteiger partial charge in [0, 0.05) is 38.4 Å². The highest BCUT2D eigenvalue weighted by atomic mass is 16.5. The van der Waals surface area contributed by atoms with Crippen LogP contribution in [0.4, 0.5) is 5.69 Å². The number of hydrogen-bond donors (Lipinski definition) is 0. The molecule has 0 saturated carbocycles. The van der Waals surface area contributed by atoms with Crippen molar-refractivity contribution in [2.45, 2.75) is 59.4 Å². The van der Waals surface area contributed by atoms with Crippen LogP contribution in [0.5, 0.6) is 17.4 Å². The number of benzene rings is 2. The van der Waals surface area contributed by atoms with Gasteiger partial charge in [0.25, 0.3) is 0 Å². The van der Waals surface area contributed by atoms with Crippen LogP contribution < -0.4 is 14.4 Å². The van der Waals surface area contributed by atoms with Gasteiger partial charge in [-0.25, -0.2) is 4.98 Å². The number of rotatable bonds is 5. The molecular weight excluding hydrogens is 470 g/mol. The number of fused-ring (bicyclic) bond motifs is 1. The molecule has 0 bridgehead atoms. The first kappa shape index (κ1) is 29.2. The van der Waals surface area contributed by atoms with Crippen LogP contribution in [-0.2, 0) is 0 Å². The molecule has 0 spiro atoms. The van der Waals surface area contributed by atoms with Gasteiger partial charge >= 0.3 is 0 Å². The molecule has 3 aromatic rings. The van der Waals surface area contributed by atoms with E-state index < -0.39 is 0 Å². The summed E-state index contributed by atoms with van der Waals surface area (Å²) in [7, 11) is 2.11. The highest BCUT2D eigenvalue weighted by Gasteiger charge is 2.15. The molecule has 5 heteroatoms. The van der Waals surface area contributed by atoms with Crippen molar-refractivity contribution in [2.75, 3.05) is 38.2 Å². The molecule has 5 nitrogen and oxygen atoms in total. The molecule has 1 aromatic heterocycles. The quantitative estimate of drug-likeness (QED) is 0.323. The Morgan fingerprint density at radius 1 is 0.816 bits per heavy atom. The number of anilines is 1. The number of aromatic nitrogens is 1. The fourth-order valence-electron chi connectivity index (χ4n) is 4.05. The van der Waals surface area contributed by atoms with Crippen LogP contribution in [0.15, 0.2) is 79.0 Å². The molecule has 0 unspecified atom stereocenters. The first-order chi connectivity index (χ1) is 18.2. The maximum Gasteiger partial charge on any atom is 0.219 e. The maximum atomic E-state index is 5.64. The highest BCUT2D eigenvalue weighted by molar-refractivity contribution is 5.60. The average molecular weight is 516 g/mol. The molecule has 0 radical (unpaired) electrons. The summed E-state index contributed by atoms with van der Waals surface area (Å²) in [5, 5.41) is 0. The van der Waals surface area contributed by atoms with Gasteiger partial charge < -0.3 is 14.4 Å². The van der Waals surface area contributed by atoms with Crippen LogP contribution >= 0.6 is 0 Å². The first-order valence-corrected chi connectivity index (χ1v) is 13.8. The lowest BCUT2D eigenvalue weighted by atomic mass is 10.0. The van der Waals surface area contributed by atoms with Crippen molar-refractivity contribution in [3.63, 3.8) is 0 Å². The van der Waals surface area contributed by atoms with Gasteiger partial charge in [-0.3, -0.25) is 4.90 Å². The molecule has 3 heterocycles. The molecule has 0 amide bonds. The van der Waals surface area contributed by atoms with Crippen LogP contribution in [0.3, 0.4) is 0 Å². The predicted octanol–water partition coefficient (Wildman–Crippen LogP) is 7.90. The van der Waals surface area contributed by atoms with Gasteiger partial charge in [-0.15, -0.1) is 0 Å². The fourth-order valence-corrected chi connectivity index (χ4v) is 4.05. The predicted molar refractivity (Wildman–Crippen MR) is 160 cm³/mol. The molecular formula is C33H45N3O2. The van der Waals surface area contributed by atoms with Gasteiger partial charge in [0.15, 0.2) is 0 Å². The van der Waals surface area contributed by atoms with Crippen molar-refractivity contribution >= 4 is 5.69 Å². The van der Waals surface area contributed by atoms with Crippen molar-refractivity contribution in [1.29, 1.82) is 0 Å². The maximum absolute atomic E-state index is 5.64. The monoisotopic (exact) mass is 515 g/mol. The van der Waals surface area contributed by atoms with E-state index in [0.29, 0.717) is 23.8 Å². The van der Waals surface area contributed by atoms with E-state index in [1.807, 2.05) is 42.6 Å². The molecule has 0 saturated heterocycles. The largest absolute Gasteiger partial charge is 0.490 e. The normalized spacial score (nSPS) is 14.4. The minimum absolute atomic E-state index is 0.498. The first-order valence-electron chi connectivity index (χ1n) is 13.8. The van der Waals surface area contributed by atoms with Crippen molar-refractivity contribution in [3.8, 4) is 17.4 Å². The number of pyridine rings is 1. The smallest absolute Gasteiger partial charge is 0.219 e. The van der Waals surface area contributed by atoms with Gasteiger partial charge in [-0.1, -0.05) is 70.2 Å².